The SMILES string of the molecule is Cc1cnc2c(c1)S(=O)(=O)N(Cc1cc([C@@H](c3ccn4c(C(F)(F)F)nnc4c3C)C(C)(C)C(=O)O)ccc1C)CC1(CC1)O2. The van der Waals surface area contributed by atoms with E-state index in [4.69, 9.17) is 4.74 Å². The molecule has 1 atom stereocenters. The second kappa shape index (κ2) is 10.2. The number of aromatic nitrogens is 4. The Hall–Kier alpha value is -4.04. The van der Waals surface area contributed by atoms with E-state index in [1.54, 1.807) is 58.2 Å². The molecule has 3 aromatic heterocycles. The lowest BCUT2D eigenvalue weighted by Gasteiger charge is -2.33. The van der Waals surface area contributed by atoms with E-state index in [2.05, 4.69) is 15.2 Å². The normalized spacial score (nSPS) is 18.3. The molecule has 1 aliphatic heterocycles. The van der Waals surface area contributed by atoms with E-state index in [0.717, 1.165) is 9.96 Å². The van der Waals surface area contributed by atoms with Crippen LogP contribution in [0.25, 0.3) is 5.65 Å². The van der Waals surface area contributed by atoms with Crippen LogP contribution in [0, 0.1) is 26.2 Å². The van der Waals surface area contributed by atoms with Crippen molar-refractivity contribution in [1.82, 2.24) is 23.9 Å². The lowest BCUT2D eigenvalue weighted by molar-refractivity contribution is -0.147. The summed E-state index contributed by atoms with van der Waals surface area (Å²) in [6.45, 7) is 8.41. The highest BCUT2D eigenvalue weighted by atomic mass is 32.2. The maximum absolute atomic E-state index is 14.0. The van der Waals surface area contributed by atoms with Crippen molar-refractivity contribution < 1.29 is 36.2 Å². The topological polar surface area (TPSA) is 127 Å². The number of aliphatic carboxylic acids is 1. The van der Waals surface area contributed by atoms with Gasteiger partial charge < -0.3 is 9.84 Å². The van der Waals surface area contributed by atoms with Crippen LogP contribution in [0.15, 0.2) is 47.6 Å². The summed E-state index contributed by atoms with van der Waals surface area (Å²) < 4.78 is 77.0. The van der Waals surface area contributed by atoms with Crippen LogP contribution in [0.5, 0.6) is 5.88 Å². The molecule has 6 rings (SSSR count). The molecular weight excluding hydrogens is 611 g/mol. The van der Waals surface area contributed by atoms with Crippen LogP contribution in [-0.4, -0.2) is 55.5 Å². The van der Waals surface area contributed by atoms with Crippen molar-refractivity contribution >= 4 is 21.6 Å². The second-order valence-corrected chi connectivity index (χ2v) is 14.5. The lowest BCUT2D eigenvalue weighted by atomic mass is 9.70. The standard InChI is InChI=1S/C31H32F3N5O5S/c1-17-12-23-26(35-14-17)44-30(9-10-30)16-38(45(23,42)43)15-21-13-20(7-6-18(21)2)24(29(4,5)28(40)41)22-8-11-39-25(19(22)3)36-37-27(39)31(32,33)34/h6-8,11-14,24H,9-10,15-16H2,1-5H3,(H,40,41)/t24-/m0/s1. The average molecular weight is 644 g/mol. The number of halogens is 3. The van der Waals surface area contributed by atoms with Gasteiger partial charge in [-0.25, -0.2) is 13.4 Å². The Kier molecular flexibility index (Phi) is 7.05. The van der Waals surface area contributed by atoms with Gasteiger partial charge in [0, 0.05) is 24.9 Å². The molecule has 4 aromatic rings. The third-order valence-corrected chi connectivity index (χ3v) is 10.7. The Morgan fingerprint density at radius 2 is 1.82 bits per heavy atom. The van der Waals surface area contributed by atoms with Crippen molar-refractivity contribution in [2.24, 2.45) is 5.41 Å². The zero-order chi connectivity index (χ0) is 32.7. The van der Waals surface area contributed by atoms with Gasteiger partial charge in [-0.3, -0.25) is 9.20 Å². The number of ether oxygens (including phenoxy) is 1. The average Bonchev–Trinajstić information content (AvgIpc) is 3.56. The van der Waals surface area contributed by atoms with Gasteiger partial charge in [-0.1, -0.05) is 18.2 Å². The Morgan fingerprint density at radius 3 is 2.47 bits per heavy atom. The van der Waals surface area contributed by atoms with E-state index in [0.29, 0.717) is 40.7 Å². The van der Waals surface area contributed by atoms with Gasteiger partial charge in [0.1, 0.15) is 10.5 Å². The minimum atomic E-state index is -4.73. The molecule has 0 unspecified atom stereocenters. The number of alkyl halides is 3. The van der Waals surface area contributed by atoms with E-state index in [9.17, 15) is 31.5 Å². The maximum atomic E-state index is 14.0. The van der Waals surface area contributed by atoms with Crippen LogP contribution >= 0.6 is 0 Å². The number of aryl methyl sites for hydroxylation is 3. The summed E-state index contributed by atoms with van der Waals surface area (Å²) >= 11 is 0. The molecule has 0 saturated heterocycles. The number of carboxylic acid groups (broad SMARTS) is 1. The zero-order valence-electron chi connectivity index (χ0n) is 25.3. The number of hydrogen-bond acceptors (Lipinski definition) is 7. The first kappa shape index (κ1) is 31.0. The fourth-order valence-electron chi connectivity index (χ4n) is 6.06. The molecule has 0 radical (unpaired) electrons. The van der Waals surface area contributed by atoms with Crippen LogP contribution in [0.3, 0.4) is 0 Å². The molecule has 14 heteroatoms. The summed E-state index contributed by atoms with van der Waals surface area (Å²) in [6.07, 6.45) is -0.593. The summed E-state index contributed by atoms with van der Waals surface area (Å²) in [5.41, 5.74) is 1.37. The molecule has 1 saturated carbocycles. The molecule has 238 valence electrons. The van der Waals surface area contributed by atoms with Crippen LogP contribution in [0.2, 0.25) is 0 Å². The first-order chi connectivity index (χ1) is 20.9. The Labute approximate surface area is 257 Å². The second-order valence-electron chi connectivity index (χ2n) is 12.6. The molecule has 1 aromatic carbocycles. The summed E-state index contributed by atoms with van der Waals surface area (Å²) in [5.74, 6) is -3.05. The molecule has 10 nitrogen and oxygen atoms in total. The van der Waals surface area contributed by atoms with Crippen LogP contribution in [0.1, 0.15) is 71.8 Å². The number of nitrogens with zero attached hydrogens (tertiary/aromatic N) is 5. The molecule has 45 heavy (non-hydrogen) atoms. The number of carboxylic acids is 1. The number of sulfonamides is 1. The van der Waals surface area contributed by atoms with Crippen molar-refractivity contribution in [3.63, 3.8) is 0 Å². The van der Waals surface area contributed by atoms with E-state index >= 15 is 0 Å². The highest BCUT2D eigenvalue weighted by Gasteiger charge is 2.52. The third kappa shape index (κ3) is 5.23. The summed E-state index contributed by atoms with van der Waals surface area (Å²) in [7, 11) is -4.01. The predicted molar refractivity (Wildman–Crippen MR) is 156 cm³/mol. The molecule has 4 heterocycles. The number of fused-ring (bicyclic) bond motifs is 2. The molecule has 1 spiro atoms. The summed E-state index contributed by atoms with van der Waals surface area (Å²) in [6, 6.07) is 8.38. The number of rotatable bonds is 6. The third-order valence-electron chi connectivity index (χ3n) is 8.92. The van der Waals surface area contributed by atoms with E-state index in [-0.39, 0.29) is 29.5 Å². The van der Waals surface area contributed by atoms with E-state index < -0.39 is 44.9 Å². The molecule has 0 bridgehead atoms. The number of pyridine rings is 2. The first-order valence-electron chi connectivity index (χ1n) is 14.3. The van der Waals surface area contributed by atoms with Crippen LogP contribution in [-0.2, 0) is 27.5 Å². The molecule has 1 N–H and O–H groups in total. The molecule has 1 aliphatic carbocycles. The molecule has 0 amide bonds. The summed E-state index contributed by atoms with van der Waals surface area (Å²) in [5, 5.41) is 17.4. The van der Waals surface area contributed by atoms with Gasteiger partial charge in [0.05, 0.1) is 12.0 Å². The number of carbonyl (C=O) groups is 1. The van der Waals surface area contributed by atoms with Crippen molar-refractivity contribution in [3.05, 3.63) is 81.9 Å². The van der Waals surface area contributed by atoms with Crippen LogP contribution in [0.4, 0.5) is 13.2 Å². The monoisotopic (exact) mass is 643 g/mol. The van der Waals surface area contributed by atoms with E-state index in [1.807, 2.05) is 6.92 Å². The fourth-order valence-corrected chi connectivity index (χ4v) is 7.70. The largest absolute Gasteiger partial charge is 0.481 e. The van der Waals surface area contributed by atoms with Crippen molar-refractivity contribution in [2.75, 3.05) is 6.54 Å². The van der Waals surface area contributed by atoms with Crippen molar-refractivity contribution in [1.29, 1.82) is 0 Å². The van der Waals surface area contributed by atoms with Gasteiger partial charge in [-0.15, -0.1) is 10.2 Å². The van der Waals surface area contributed by atoms with Gasteiger partial charge in [0.25, 0.3) is 0 Å². The highest BCUT2D eigenvalue weighted by molar-refractivity contribution is 7.89. The van der Waals surface area contributed by atoms with Crippen molar-refractivity contribution in [3.8, 4) is 5.88 Å². The Morgan fingerprint density at radius 1 is 1.11 bits per heavy atom. The van der Waals surface area contributed by atoms with Gasteiger partial charge in [0.15, 0.2) is 5.65 Å². The van der Waals surface area contributed by atoms with Gasteiger partial charge in [-0.2, -0.15) is 17.5 Å². The Balaban J connectivity index is 1.46. The fraction of sp³-hybridized carbons (Fsp3) is 0.419. The lowest BCUT2D eigenvalue weighted by Crippen LogP contribution is -2.38. The van der Waals surface area contributed by atoms with E-state index in [1.165, 1.54) is 16.6 Å². The summed E-state index contributed by atoms with van der Waals surface area (Å²) in [4.78, 5) is 16.9. The predicted octanol–water partition coefficient (Wildman–Crippen LogP) is 5.43. The van der Waals surface area contributed by atoms with Gasteiger partial charge >= 0.3 is 12.1 Å². The smallest absolute Gasteiger partial charge is 0.452 e. The number of hydrogen-bond donors (Lipinski definition) is 1. The van der Waals surface area contributed by atoms with Crippen molar-refractivity contribution in [2.45, 2.75) is 76.6 Å². The zero-order valence-corrected chi connectivity index (χ0v) is 26.1. The molecular formula is C31H32F3N5O5S. The van der Waals surface area contributed by atoms with Gasteiger partial charge in [-0.05, 0) is 93.0 Å². The molecule has 2 aliphatic rings. The highest BCUT2D eigenvalue weighted by Crippen LogP contribution is 2.47. The minimum Gasteiger partial charge on any atom is -0.481 e. The maximum Gasteiger partial charge on any atom is 0.452 e. The number of benzene rings is 1. The minimum absolute atomic E-state index is 0.000399. The van der Waals surface area contributed by atoms with Gasteiger partial charge in [0.2, 0.25) is 21.7 Å². The Bertz CT molecular complexity index is 1970. The first-order valence-corrected chi connectivity index (χ1v) is 15.8. The quantitative estimate of drug-likeness (QED) is 0.295. The molecule has 1 fully saturated rings. The van der Waals surface area contributed by atoms with Crippen LogP contribution < -0.4 is 4.74 Å².